The van der Waals surface area contributed by atoms with E-state index in [4.69, 9.17) is 11.6 Å². The second kappa shape index (κ2) is 9.37. The van der Waals surface area contributed by atoms with Crippen molar-refractivity contribution in [3.8, 4) is 0 Å². The molecule has 2 heterocycles. The number of carbonyl (C=O) groups is 1. The summed E-state index contributed by atoms with van der Waals surface area (Å²) < 4.78 is 16.7. The molecule has 0 aliphatic carbocycles. The fourth-order valence-electron chi connectivity index (χ4n) is 3.38. The van der Waals surface area contributed by atoms with Crippen molar-refractivity contribution in [1.82, 2.24) is 19.4 Å². The van der Waals surface area contributed by atoms with Crippen LogP contribution in [0.25, 0.3) is 11.9 Å². The number of aromatic nitrogens is 2. The zero-order chi connectivity index (χ0) is 21.0. The van der Waals surface area contributed by atoms with Crippen molar-refractivity contribution in [2.75, 3.05) is 26.7 Å². The largest absolute Gasteiger partial charge is 0.330 e. The molecule has 0 radical (unpaired) electrons. The third-order valence-corrected chi connectivity index (χ3v) is 5.42. The first kappa shape index (κ1) is 21.3. The molecular weight excluding hydrogens is 391 g/mol. The SMILES string of the molecule is CCN(C)C/C=C/C(=O)N1Cc2ncc(/C=C(\F)c3ccccc3Cl)n2[C@H](C)C1. The van der Waals surface area contributed by atoms with E-state index in [-0.39, 0.29) is 11.9 Å². The van der Waals surface area contributed by atoms with E-state index in [2.05, 4.69) is 16.8 Å². The van der Waals surface area contributed by atoms with Gasteiger partial charge < -0.3 is 14.4 Å². The van der Waals surface area contributed by atoms with Gasteiger partial charge in [0.2, 0.25) is 5.91 Å². The predicted molar refractivity (Wildman–Crippen MR) is 115 cm³/mol. The van der Waals surface area contributed by atoms with Crippen LogP contribution in [0.1, 0.15) is 37.0 Å². The van der Waals surface area contributed by atoms with Crippen LogP contribution in [0, 0.1) is 0 Å². The fourth-order valence-corrected chi connectivity index (χ4v) is 3.61. The van der Waals surface area contributed by atoms with Crippen molar-refractivity contribution < 1.29 is 9.18 Å². The maximum Gasteiger partial charge on any atom is 0.246 e. The van der Waals surface area contributed by atoms with Crippen molar-refractivity contribution in [2.24, 2.45) is 0 Å². The third kappa shape index (κ3) is 4.95. The van der Waals surface area contributed by atoms with Crippen molar-refractivity contribution in [1.29, 1.82) is 0 Å². The van der Waals surface area contributed by atoms with Crippen molar-refractivity contribution in [2.45, 2.75) is 26.4 Å². The molecule has 1 amide bonds. The van der Waals surface area contributed by atoms with E-state index in [1.54, 1.807) is 41.4 Å². The predicted octanol–water partition coefficient (Wildman–Crippen LogP) is 4.42. The lowest BCUT2D eigenvalue weighted by atomic mass is 10.1. The molecule has 1 aliphatic rings. The minimum atomic E-state index is -0.410. The Morgan fingerprint density at radius 3 is 2.90 bits per heavy atom. The molecule has 29 heavy (non-hydrogen) atoms. The molecule has 5 nitrogen and oxygen atoms in total. The second-order valence-electron chi connectivity index (χ2n) is 7.27. The average molecular weight is 417 g/mol. The number of hydrogen-bond acceptors (Lipinski definition) is 3. The van der Waals surface area contributed by atoms with Gasteiger partial charge in [-0.2, -0.15) is 0 Å². The van der Waals surface area contributed by atoms with Crippen LogP contribution in [-0.2, 0) is 11.3 Å². The lowest BCUT2D eigenvalue weighted by Crippen LogP contribution is -2.40. The molecule has 1 aromatic heterocycles. The smallest absolute Gasteiger partial charge is 0.246 e. The first-order valence-corrected chi connectivity index (χ1v) is 10.1. The molecule has 154 valence electrons. The monoisotopic (exact) mass is 416 g/mol. The highest BCUT2D eigenvalue weighted by Crippen LogP contribution is 2.29. The Balaban J connectivity index is 1.77. The Hall–Kier alpha value is -2.44. The third-order valence-electron chi connectivity index (χ3n) is 5.09. The highest BCUT2D eigenvalue weighted by atomic mass is 35.5. The molecule has 0 unspecified atom stereocenters. The number of likely N-dealkylation sites (N-methyl/N-ethyl adjacent to an activating group) is 1. The maximum atomic E-state index is 14.8. The zero-order valence-electron chi connectivity index (χ0n) is 17.0. The summed E-state index contributed by atoms with van der Waals surface area (Å²) in [6.45, 7) is 6.68. The van der Waals surface area contributed by atoms with Crippen LogP contribution in [0.4, 0.5) is 4.39 Å². The minimum absolute atomic E-state index is 0.0118. The number of imidazole rings is 1. The number of nitrogens with zero attached hydrogens (tertiary/aromatic N) is 4. The number of benzene rings is 1. The molecule has 2 aromatic rings. The first-order chi connectivity index (χ1) is 13.9. The summed E-state index contributed by atoms with van der Waals surface area (Å²) in [5, 5.41) is 0.366. The van der Waals surface area contributed by atoms with Gasteiger partial charge in [-0.15, -0.1) is 0 Å². The highest BCUT2D eigenvalue weighted by Gasteiger charge is 2.27. The van der Waals surface area contributed by atoms with Crippen LogP contribution in [0.2, 0.25) is 5.02 Å². The standard InChI is InChI=1S/C22H26ClFN4O/c1-4-26(3)11-7-10-22(29)27-14-16(2)28-17(13-25-21(28)15-27)12-20(24)18-8-5-6-9-19(18)23/h5-10,12-13,16H,4,11,14-15H2,1-3H3/b10-7+,20-12-/t16-/m1/s1. The fraction of sp³-hybridized carbons (Fsp3) is 0.364. The number of fused-ring (bicyclic) bond motifs is 1. The van der Waals surface area contributed by atoms with Crippen LogP contribution in [0.5, 0.6) is 0 Å². The maximum absolute atomic E-state index is 14.8. The highest BCUT2D eigenvalue weighted by molar-refractivity contribution is 6.32. The lowest BCUT2D eigenvalue weighted by molar-refractivity contribution is -0.128. The van der Waals surface area contributed by atoms with Gasteiger partial charge in [-0.25, -0.2) is 9.37 Å². The summed E-state index contributed by atoms with van der Waals surface area (Å²) in [5.41, 5.74) is 1.02. The summed E-state index contributed by atoms with van der Waals surface area (Å²) in [5.74, 6) is 0.302. The summed E-state index contributed by atoms with van der Waals surface area (Å²) >= 11 is 6.10. The van der Waals surface area contributed by atoms with E-state index < -0.39 is 5.83 Å². The normalized spacial score (nSPS) is 17.2. The van der Waals surface area contributed by atoms with Gasteiger partial charge in [0.05, 0.1) is 29.5 Å². The van der Waals surface area contributed by atoms with Gasteiger partial charge in [0.25, 0.3) is 0 Å². The average Bonchev–Trinajstić information content (AvgIpc) is 3.11. The second-order valence-corrected chi connectivity index (χ2v) is 7.67. The van der Waals surface area contributed by atoms with Gasteiger partial charge in [0.15, 0.2) is 0 Å². The molecular formula is C22H26ClFN4O. The molecule has 1 atom stereocenters. The van der Waals surface area contributed by atoms with Gasteiger partial charge in [-0.1, -0.05) is 42.8 Å². The van der Waals surface area contributed by atoms with E-state index in [1.165, 1.54) is 6.08 Å². The van der Waals surface area contributed by atoms with E-state index >= 15 is 0 Å². The van der Waals surface area contributed by atoms with E-state index in [1.807, 2.05) is 24.6 Å². The van der Waals surface area contributed by atoms with Crippen molar-refractivity contribution >= 4 is 29.4 Å². The Morgan fingerprint density at radius 2 is 2.17 bits per heavy atom. The van der Waals surface area contributed by atoms with Gasteiger partial charge in [0, 0.05) is 24.7 Å². The first-order valence-electron chi connectivity index (χ1n) is 9.72. The summed E-state index contributed by atoms with van der Waals surface area (Å²) in [7, 11) is 2.01. The minimum Gasteiger partial charge on any atom is -0.330 e. The number of carbonyl (C=O) groups excluding carboxylic acids is 1. The number of amides is 1. The molecule has 0 bridgehead atoms. The summed E-state index contributed by atoms with van der Waals surface area (Å²) in [6.07, 6.45) is 6.59. The number of rotatable bonds is 6. The molecule has 3 rings (SSSR count). The topological polar surface area (TPSA) is 41.4 Å². The van der Waals surface area contributed by atoms with Crippen LogP contribution >= 0.6 is 11.6 Å². The number of hydrogen-bond donors (Lipinski definition) is 0. The molecule has 1 aromatic carbocycles. The van der Waals surface area contributed by atoms with E-state index in [0.29, 0.717) is 29.4 Å². The van der Waals surface area contributed by atoms with E-state index in [0.717, 1.165) is 18.9 Å². The van der Waals surface area contributed by atoms with Crippen LogP contribution < -0.4 is 0 Å². The summed E-state index contributed by atoms with van der Waals surface area (Å²) in [4.78, 5) is 20.8. The van der Waals surface area contributed by atoms with Crippen molar-refractivity contribution in [3.63, 3.8) is 0 Å². The van der Waals surface area contributed by atoms with Crippen LogP contribution in [-0.4, -0.2) is 51.9 Å². The Kier molecular flexibility index (Phi) is 6.87. The molecule has 1 aliphatic heterocycles. The van der Waals surface area contributed by atoms with Crippen LogP contribution in [0.15, 0.2) is 42.6 Å². The van der Waals surface area contributed by atoms with Gasteiger partial charge in [-0.3, -0.25) is 4.79 Å². The Labute approximate surface area is 176 Å². The van der Waals surface area contributed by atoms with Gasteiger partial charge in [0.1, 0.15) is 11.7 Å². The summed E-state index contributed by atoms with van der Waals surface area (Å²) in [6, 6.07) is 6.81. The molecule has 0 spiro atoms. The Bertz CT molecular complexity index is 937. The van der Waals surface area contributed by atoms with Gasteiger partial charge >= 0.3 is 0 Å². The zero-order valence-corrected chi connectivity index (χ0v) is 17.7. The lowest BCUT2D eigenvalue weighted by Gasteiger charge is -2.32. The molecule has 0 fully saturated rings. The van der Waals surface area contributed by atoms with E-state index in [9.17, 15) is 9.18 Å². The van der Waals surface area contributed by atoms with Crippen LogP contribution in [0.3, 0.4) is 0 Å². The molecule has 7 heteroatoms. The number of halogens is 2. The quantitative estimate of drug-likeness (QED) is 0.655. The Morgan fingerprint density at radius 1 is 1.41 bits per heavy atom. The van der Waals surface area contributed by atoms with Crippen molar-refractivity contribution in [3.05, 3.63) is 64.7 Å². The van der Waals surface area contributed by atoms with Gasteiger partial charge in [-0.05, 0) is 32.7 Å². The molecule has 0 N–H and O–H groups in total. The molecule has 0 saturated carbocycles. The molecule has 0 saturated heterocycles.